The van der Waals surface area contributed by atoms with Gasteiger partial charge in [-0.2, -0.15) is 0 Å². The van der Waals surface area contributed by atoms with Crippen LogP contribution < -0.4 is 34.6 Å². The zero-order valence-corrected chi connectivity index (χ0v) is 14.9. The fourth-order valence-corrected chi connectivity index (χ4v) is 1.62. The van der Waals surface area contributed by atoms with Crippen LogP contribution in [0.3, 0.4) is 0 Å². The number of rotatable bonds is 1. The molecule has 0 fully saturated rings. The van der Waals surface area contributed by atoms with E-state index >= 15 is 0 Å². The molecule has 0 amide bonds. The van der Waals surface area contributed by atoms with Crippen LogP contribution in [0.1, 0.15) is 10.4 Å². The summed E-state index contributed by atoms with van der Waals surface area (Å²) in [4.78, 5) is 10.5. The average molecular weight is 474 g/mol. The minimum absolute atomic E-state index is 0. The Labute approximate surface area is 147 Å². The van der Waals surface area contributed by atoms with Gasteiger partial charge in [0.2, 0.25) is 0 Å². The van der Waals surface area contributed by atoms with E-state index in [1.165, 1.54) is 6.07 Å². The van der Waals surface area contributed by atoms with Crippen molar-refractivity contribution in [2.45, 2.75) is 0 Å². The Hall–Kier alpha value is 0.895. The number of aromatic hydroxyl groups is 1. The SMILES string of the molecule is O=C(O)c1ccc(I)c(I)c1O.[Na+].[O-]B(O)O. The van der Waals surface area contributed by atoms with E-state index in [-0.39, 0.29) is 40.9 Å². The number of halogens is 2. The summed E-state index contributed by atoms with van der Waals surface area (Å²) in [6, 6.07) is 3.05. The van der Waals surface area contributed by atoms with E-state index in [1.807, 2.05) is 45.2 Å². The fourth-order valence-electron chi connectivity index (χ4n) is 0.713. The maximum Gasteiger partial charge on any atom is 1.00 e. The number of carboxylic acids is 1. The van der Waals surface area contributed by atoms with Gasteiger partial charge in [0.25, 0.3) is 0 Å². The number of carboxylic acid groups (broad SMARTS) is 1. The summed E-state index contributed by atoms with van der Waals surface area (Å²) >= 11 is 3.94. The van der Waals surface area contributed by atoms with Crippen LogP contribution in [0.4, 0.5) is 0 Å². The summed E-state index contributed by atoms with van der Waals surface area (Å²) in [5, 5.41) is 40.7. The Balaban J connectivity index is 0. The Morgan fingerprint density at radius 1 is 1.29 bits per heavy atom. The van der Waals surface area contributed by atoms with Crippen molar-refractivity contribution in [2.75, 3.05) is 0 Å². The second-order valence-corrected chi connectivity index (χ2v) is 4.63. The zero-order valence-electron chi connectivity index (χ0n) is 8.59. The van der Waals surface area contributed by atoms with Crippen molar-refractivity contribution in [1.29, 1.82) is 0 Å². The number of phenols is 1. The molecule has 0 aliphatic heterocycles. The van der Waals surface area contributed by atoms with E-state index in [0.29, 0.717) is 3.57 Å². The molecule has 0 saturated heterocycles. The molecule has 0 atom stereocenters. The third-order valence-corrected chi connectivity index (χ3v) is 4.32. The van der Waals surface area contributed by atoms with Gasteiger partial charge in [0.15, 0.2) is 0 Å². The van der Waals surface area contributed by atoms with Crippen LogP contribution in [0, 0.1) is 7.14 Å². The molecule has 0 aliphatic carbocycles. The van der Waals surface area contributed by atoms with Gasteiger partial charge in [-0.15, -0.1) is 0 Å². The minimum atomic E-state index is -2.42. The van der Waals surface area contributed by atoms with E-state index in [1.54, 1.807) is 6.07 Å². The molecular formula is C7H6BI2NaO6. The third kappa shape index (κ3) is 7.82. The predicted molar refractivity (Wildman–Crippen MR) is 70.7 cm³/mol. The average Bonchev–Trinajstić information content (AvgIpc) is 2.13. The molecule has 0 saturated carbocycles. The summed E-state index contributed by atoms with van der Waals surface area (Å²) in [5.41, 5.74) is -0.0557. The van der Waals surface area contributed by atoms with Crippen molar-refractivity contribution < 1.29 is 59.6 Å². The van der Waals surface area contributed by atoms with Crippen LogP contribution in [0.25, 0.3) is 0 Å². The number of hydrogen-bond donors (Lipinski definition) is 4. The van der Waals surface area contributed by atoms with E-state index in [2.05, 4.69) is 0 Å². The smallest absolute Gasteiger partial charge is 0.832 e. The van der Waals surface area contributed by atoms with E-state index in [0.717, 1.165) is 3.57 Å². The van der Waals surface area contributed by atoms with Crippen molar-refractivity contribution >= 4 is 58.5 Å². The molecule has 88 valence electrons. The molecule has 0 bridgehead atoms. The number of aromatic carboxylic acids is 1. The van der Waals surface area contributed by atoms with Crippen LogP contribution in [-0.2, 0) is 0 Å². The first-order valence-corrected chi connectivity index (χ1v) is 5.85. The van der Waals surface area contributed by atoms with Gasteiger partial charge in [-0.05, 0) is 57.3 Å². The topological polar surface area (TPSA) is 121 Å². The summed E-state index contributed by atoms with van der Waals surface area (Å²) in [5.74, 6) is -1.27. The maximum absolute atomic E-state index is 10.5. The molecule has 0 radical (unpaired) electrons. The van der Waals surface area contributed by atoms with Crippen LogP contribution in [0.5, 0.6) is 5.75 Å². The Morgan fingerprint density at radius 3 is 2.06 bits per heavy atom. The molecule has 0 unspecified atom stereocenters. The second-order valence-electron chi connectivity index (χ2n) is 2.39. The van der Waals surface area contributed by atoms with Crippen LogP contribution in [0.15, 0.2) is 12.1 Å². The number of benzene rings is 1. The standard InChI is InChI=1S/C7H4I2O3.BH2O3.Na/c8-4-2-1-3(7(11)12)6(10)5(4)9;2-1(3)4;/h1-2,10H,(H,11,12);2-3H;/q;-1;+1. The largest absolute Gasteiger partial charge is 1.00 e. The van der Waals surface area contributed by atoms with E-state index in [9.17, 15) is 9.90 Å². The molecule has 4 N–H and O–H groups in total. The first kappa shape index (κ1) is 20.2. The Morgan fingerprint density at radius 2 is 1.71 bits per heavy atom. The van der Waals surface area contributed by atoms with Crippen LogP contribution in [0.2, 0.25) is 0 Å². The molecular weight excluding hydrogens is 468 g/mol. The number of hydrogen-bond acceptors (Lipinski definition) is 5. The van der Waals surface area contributed by atoms with Crippen molar-refractivity contribution in [1.82, 2.24) is 0 Å². The van der Waals surface area contributed by atoms with Crippen molar-refractivity contribution in [3.05, 3.63) is 24.8 Å². The summed E-state index contributed by atoms with van der Waals surface area (Å²) in [6.07, 6.45) is 0. The molecule has 10 heteroatoms. The summed E-state index contributed by atoms with van der Waals surface area (Å²) in [7, 11) is -2.42. The molecule has 6 nitrogen and oxygen atoms in total. The monoisotopic (exact) mass is 474 g/mol. The molecule has 0 aliphatic rings. The van der Waals surface area contributed by atoms with Crippen LogP contribution in [-0.4, -0.2) is 33.6 Å². The fraction of sp³-hybridized carbons (Fsp3) is 0. The Kier molecular flexibility index (Phi) is 11.6. The van der Waals surface area contributed by atoms with Gasteiger partial charge in [0, 0.05) is 3.57 Å². The van der Waals surface area contributed by atoms with Gasteiger partial charge < -0.3 is 25.3 Å². The maximum atomic E-state index is 10.5. The Bertz CT molecular complexity index is 386. The van der Waals surface area contributed by atoms with Gasteiger partial charge in [0.05, 0.1) is 3.57 Å². The molecule has 17 heavy (non-hydrogen) atoms. The van der Waals surface area contributed by atoms with Gasteiger partial charge in [-0.1, -0.05) is 0 Å². The zero-order chi connectivity index (χ0) is 12.9. The molecule has 0 heterocycles. The first-order valence-electron chi connectivity index (χ1n) is 3.69. The van der Waals surface area contributed by atoms with Crippen LogP contribution >= 0.6 is 45.2 Å². The van der Waals surface area contributed by atoms with Gasteiger partial charge in [-0.25, -0.2) is 4.79 Å². The quantitative estimate of drug-likeness (QED) is 0.250. The predicted octanol–water partition coefficient (Wildman–Crippen LogP) is -3.38. The van der Waals surface area contributed by atoms with Gasteiger partial charge in [-0.3, -0.25) is 0 Å². The van der Waals surface area contributed by atoms with Gasteiger partial charge >= 0.3 is 42.8 Å². The summed E-state index contributed by atoms with van der Waals surface area (Å²) in [6.45, 7) is 0. The van der Waals surface area contributed by atoms with Crippen molar-refractivity contribution in [2.24, 2.45) is 0 Å². The third-order valence-electron chi connectivity index (χ3n) is 1.30. The first-order chi connectivity index (χ1) is 7.27. The van der Waals surface area contributed by atoms with Gasteiger partial charge in [0.1, 0.15) is 11.3 Å². The molecule has 1 aromatic rings. The molecule has 1 aromatic carbocycles. The summed E-state index contributed by atoms with van der Waals surface area (Å²) < 4.78 is 1.42. The normalized spacial score (nSPS) is 8.53. The van der Waals surface area contributed by atoms with Crippen molar-refractivity contribution in [3.8, 4) is 5.75 Å². The van der Waals surface area contributed by atoms with Crippen molar-refractivity contribution in [3.63, 3.8) is 0 Å². The number of carbonyl (C=O) groups is 1. The molecule has 1 rings (SSSR count). The van der Waals surface area contributed by atoms with E-state index < -0.39 is 13.3 Å². The molecule has 0 spiro atoms. The van der Waals surface area contributed by atoms with E-state index in [4.69, 9.17) is 20.2 Å². The minimum Gasteiger partial charge on any atom is -0.832 e. The molecule has 0 aromatic heterocycles. The second kappa shape index (κ2) is 9.78.